The number of rotatable bonds is 5. The second-order valence-corrected chi connectivity index (χ2v) is 8.12. The van der Waals surface area contributed by atoms with Crippen LogP contribution in [0.5, 0.6) is 0 Å². The van der Waals surface area contributed by atoms with E-state index in [-0.39, 0.29) is 23.4 Å². The van der Waals surface area contributed by atoms with E-state index in [2.05, 4.69) is 21.5 Å². The molecule has 26 heavy (non-hydrogen) atoms. The van der Waals surface area contributed by atoms with Crippen LogP contribution in [-0.4, -0.2) is 82.4 Å². The summed E-state index contributed by atoms with van der Waals surface area (Å²) in [5.74, 6) is 0.133. The van der Waals surface area contributed by atoms with Gasteiger partial charge < -0.3 is 15.0 Å². The number of morpholine rings is 1. The van der Waals surface area contributed by atoms with Crippen molar-refractivity contribution in [3.05, 3.63) is 29.8 Å². The Morgan fingerprint density at radius 3 is 2.77 bits per heavy atom. The van der Waals surface area contributed by atoms with Crippen molar-refractivity contribution in [2.75, 3.05) is 46.4 Å². The van der Waals surface area contributed by atoms with E-state index in [1.807, 2.05) is 0 Å². The number of carbonyl (C=O) groups excluding carboxylic acids is 1. The van der Waals surface area contributed by atoms with Gasteiger partial charge in [-0.05, 0) is 19.1 Å². The number of carbonyl (C=O) groups is 1. The monoisotopic (exact) mass is 380 g/mol. The molecule has 1 aromatic carbocycles. The molecule has 1 saturated heterocycles. The molecule has 1 amide bonds. The molecule has 2 aliphatic rings. The summed E-state index contributed by atoms with van der Waals surface area (Å²) in [5.41, 5.74) is 0.532. The maximum absolute atomic E-state index is 12.3. The smallest absolute Gasteiger partial charge is 0.285 e. The number of nitrogens with one attached hydrogen (secondary N) is 1. The van der Waals surface area contributed by atoms with Crippen LogP contribution in [0.4, 0.5) is 0 Å². The van der Waals surface area contributed by atoms with Gasteiger partial charge >= 0.3 is 0 Å². The van der Waals surface area contributed by atoms with Crippen molar-refractivity contribution in [1.82, 2.24) is 15.1 Å². The predicted molar refractivity (Wildman–Crippen MR) is 97.7 cm³/mol. The first kappa shape index (κ1) is 18.8. The first-order valence-corrected chi connectivity index (χ1v) is 10.1. The summed E-state index contributed by atoms with van der Waals surface area (Å²) in [6.45, 7) is 5.81. The number of amides is 1. The fraction of sp³-hybridized carbons (Fsp3) is 0.529. The summed E-state index contributed by atoms with van der Waals surface area (Å²) < 4.78 is 33.4. The lowest BCUT2D eigenvalue weighted by molar-refractivity contribution is -0.121. The van der Waals surface area contributed by atoms with Crippen molar-refractivity contribution in [1.29, 1.82) is 0 Å². The number of fused-ring (bicyclic) bond motifs is 1. The average molecular weight is 380 g/mol. The Balaban J connectivity index is 1.56. The number of likely N-dealkylation sites (N-methyl/N-ethyl adjacent to an activating group) is 1. The molecule has 1 N–H and O–H groups in total. The molecule has 0 saturated carbocycles. The summed E-state index contributed by atoms with van der Waals surface area (Å²) in [7, 11) is -2.01. The van der Waals surface area contributed by atoms with Crippen LogP contribution >= 0.6 is 0 Å². The SMILES string of the molecule is CC(CNC(=O)CN(C)C1=NS(=O)(=O)c2ccccc21)N1CCOCC1. The van der Waals surface area contributed by atoms with Gasteiger partial charge in [0.05, 0.1) is 19.8 Å². The van der Waals surface area contributed by atoms with Crippen molar-refractivity contribution in [3.8, 4) is 0 Å². The van der Waals surface area contributed by atoms with E-state index in [0.29, 0.717) is 31.2 Å². The van der Waals surface area contributed by atoms with E-state index in [1.54, 1.807) is 30.1 Å². The van der Waals surface area contributed by atoms with Gasteiger partial charge in [0, 0.05) is 38.3 Å². The quantitative estimate of drug-likeness (QED) is 0.767. The van der Waals surface area contributed by atoms with Gasteiger partial charge in [0.25, 0.3) is 10.0 Å². The molecule has 0 aliphatic carbocycles. The molecule has 1 atom stereocenters. The number of nitrogens with zero attached hydrogens (tertiary/aromatic N) is 3. The maximum Gasteiger partial charge on any atom is 0.285 e. The van der Waals surface area contributed by atoms with E-state index < -0.39 is 10.0 Å². The number of benzene rings is 1. The lowest BCUT2D eigenvalue weighted by Gasteiger charge is -2.32. The molecule has 2 aliphatic heterocycles. The normalized spacial score (nSPS) is 20.2. The van der Waals surface area contributed by atoms with Crippen LogP contribution in [-0.2, 0) is 19.6 Å². The highest BCUT2D eigenvalue weighted by molar-refractivity contribution is 7.90. The van der Waals surface area contributed by atoms with Gasteiger partial charge in [-0.3, -0.25) is 9.69 Å². The molecule has 1 fully saturated rings. The number of ether oxygens (including phenoxy) is 1. The minimum atomic E-state index is -3.68. The van der Waals surface area contributed by atoms with Crippen LogP contribution in [0.25, 0.3) is 0 Å². The first-order chi connectivity index (χ1) is 12.4. The Morgan fingerprint density at radius 1 is 1.35 bits per heavy atom. The van der Waals surface area contributed by atoms with E-state index in [1.165, 1.54) is 6.07 Å². The zero-order valence-electron chi connectivity index (χ0n) is 15.0. The van der Waals surface area contributed by atoms with E-state index in [4.69, 9.17) is 4.74 Å². The van der Waals surface area contributed by atoms with Gasteiger partial charge in [-0.2, -0.15) is 8.42 Å². The number of amidine groups is 1. The molecule has 0 aromatic heterocycles. The molecule has 3 rings (SSSR count). The Kier molecular flexibility index (Phi) is 5.59. The van der Waals surface area contributed by atoms with Crippen LogP contribution in [0.1, 0.15) is 12.5 Å². The van der Waals surface area contributed by atoms with Crippen LogP contribution in [0.2, 0.25) is 0 Å². The summed E-state index contributed by atoms with van der Waals surface area (Å²) in [5, 5.41) is 2.91. The van der Waals surface area contributed by atoms with Gasteiger partial charge in [0.2, 0.25) is 5.91 Å². The molecule has 0 spiro atoms. The van der Waals surface area contributed by atoms with Crippen LogP contribution in [0, 0.1) is 0 Å². The second-order valence-electron chi connectivity index (χ2n) is 6.54. The number of sulfonamides is 1. The topological polar surface area (TPSA) is 91.3 Å². The van der Waals surface area contributed by atoms with Gasteiger partial charge in [0.1, 0.15) is 4.90 Å². The molecule has 2 heterocycles. The minimum Gasteiger partial charge on any atom is -0.379 e. The van der Waals surface area contributed by atoms with Crippen LogP contribution < -0.4 is 5.32 Å². The molecule has 142 valence electrons. The molecular weight excluding hydrogens is 356 g/mol. The highest BCUT2D eigenvalue weighted by atomic mass is 32.2. The van der Waals surface area contributed by atoms with Crippen molar-refractivity contribution in [3.63, 3.8) is 0 Å². The van der Waals surface area contributed by atoms with Crippen LogP contribution in [0.3, 0.4) is 0 Å². The molecule has 0 radical (unpaired) electrons. The lowest BCUT2D eigenvalue weighted by atomic mass is 10.2. The standard InChI is InChI=1S/C17H24N4O4S/c1-13(21-7-9-25-10-8-21)11-18-16(22)12-20(2)17-14-5-3-4-6-15(14)26(23,24)19-17/h3-6,13H,7-12H2,1-2H3,(H,18,22). The van der Waals surface area contributed by atoms with Crippen molar-refractivity contribution in [2.45, 2.75) is 17.9 Å². The Morgan fingerprint density at radius 2 is 2.04 bits per heavy atom. The molecule has 0 bridgehead atoms. The third kappa shape index (κ3) is 4.05. The van der Waals surface area contributed by atoms with E-state index >= 15 is 0 Å². The molecular formula is C17H24N4O4S. The second kappa shape index (κ2) is 7.73. The fourth-order valence-electron chi connectivity index (χ4n) is 3.12. The largest absolute Gasteiger partial charge is 0.379 e. The van der Waals surface area contributed by atoms with E-state index in [0.717, 1.165) is 13.1 Å². The average Bonchev–Trinajstić information content (AvgIpc) is 2.92. The van der Waals surface area contributed by atoms with Crippen LogP contribution in [0.15, 0.2) is 33.6 Å². The summed E-state index contributed by atoms with van der Waals surface area (Å²) in [4.78, 5) is 16.3. The Hall–Kier alpha value is -1.97. The number of hydrogen-bond donors (Lipinski definition) is 1. The molecule has 1 unspecified atom stereocenters. The maximum atomic E-state index is 12.3. The molecule has 1 aromatic rings. The Bertz CT molecular complexity index is 803. The van der Waals surface area contributed by atoms with E-state index in [9.17, 15) is 13.2 Å². The third-order valence-electron chi connectivity index (χ3n) is 4.62. The first-order valence-electron chi connectivity index (χ1n) is 8.62. The Labute approximate surface area is 153 Å². The third-order valence-corrected chi connectivity index (χ3v) is 5.94. The summed E-state index contributed by atoms with van der Waals surface area (Å²) >= 11 is 0. The highest BCUT2D eigenvalue weighted by Gasteiger charge is 2.31. The van der Waals surface area contributed by atoms with Crippen molar-refractivity contribution in [2.24, 2.45) is 4.40 Å². The van der Waals surface area contributed by atoms with Crippen molar-refractivity contribution < 1.29 is 17.9 Å². The lowest BCUT2D eigenvalue weighted by Crippen LogP contribution is -2.48. The highest BCUT2D eigenvalue weighted by Crippen LogP contribution is 2.26. The predicted octanol–water partition coefficient (Wildman–Crippen LogP) is -0.0958. The molecule has 8 nitrogen and oxygen atoms in total. The van der Waals surface area contributed by atoms with Gasteiger partial charge in [-0.15, -0.1) is 4.40 Å². The zero-order valence-corrected chi connectivity index (χ0v) is 15.8. The zero-order chi connectivity index (χ0) is 18.7. The molecule has 9 heteroatoms. The fourth-order valence-corrected chi connectivity index (χ4v) is 4.37. The van der Waals surface area contributed by atoms with Gasteiger partial charge in [0.15, 0.2) is 5.84 Å². The minimum absolute atomic E-state index is 0.0402. The van der Waals surface area contributed by atoms with Gasteiger partial charge in [-0.25, -0.2) is 0 Å². The van der Waals surface area contributed by atoms with Crippen molar-refractivity contribution >= 4 is 21.8 Å². The van der Waals surface area contributed by atoms with Gasteiger partial charge in [-0.1, -0.05) is 12.1 Å². The summed E-state index contributed by atoms with van der Waals surface area (Å²) in [6, 6.07) is 6.87. The number of hydrogen-bond acceptors (Lipinski definition) is 6. The summed E-state index contributed by atoms with van der Waals surface area (Å²) in [6.07, 6.45) is 0.